The van der Waals surface area contributed by atoms with Crippen molar-refractivity contribution in [2.75, 3.05) is 18.5 Å². The van der Waals surface area contributed by atoms with Gasteiger partial charge in [-0.2, -0.15) is 18.2 Å². The van der Waals surface area contributed by atoms with Crippen LogP contribution in [0.1, 0.15) is 21.8 Å². The highest BCUT2D eigenvalue weighted by molar-refractivity contribution is 9.11. The van der Waals surface area contributed by atoms with Crippen LogP contribution in [0.25, 0.3) is 0 Å². The maximum atomic E-state index is 13.4. The molecule has 0 aliphatic carbocycles. The van der Waals surface area contributed by atoms with Crippen molar-refractivity contribution in [2.24, 2.45) is 0 Å². The Morgan fingerprint density at radius 1 is 1.19 bits per heavy atom. The molecule has 31 heavy (non-hydrogen) atoms. The lowest BCUT2D eigenvalue weighted by molar-refractivity contribution is -0.274. The maximum Gasteiger partial charge on any atom is 0.573 e. The summed E-state index contributed by atoms with van der Waals surface area (Å²) >= 11 is 6.32. The molecule has 0 bridgehead atoms. The Bertz CT molecular complexity index is 953. The number of halogens is 8. The smallest absolute Gasteiger partial charge is 0.464 e. The van der Waals surface area contributed by atoms with Gasteiger partial charge in [0.25, 0.3) is 11.1 Å². The van der Waals surface area contributed by atoms with Gasteiger partial charge in [-0.1, -0.05) is 11.3 Å². The van der Waals surface area contributed by atoms with E-state index in [1.807, 2.05) is 0 Å². The van der Waals surface area contributed by atoms with Crippen LogP contribution >= 0.6 is 43.2 Å². The summed E-state index contributed by atoms with van der Waals surface area (Å²) in [6.07, 6.45) is -9.90. The molecule has 1 N–H and O–H groups in total. The van der Waals surface area contributed by atoms with Crippen molar-refractivity contribution in [3.05, 3.63) is 31.6 Å². The Morgan fingerprint density at radius 2 is 1.84 bits per heavy atom. The standard InChI is InChI=1S/C16H10Br2F6N2O4S/c17-8-3-7(30-16(22,23)24)4-9(18)10(8)25-13(27)11-12(15(19,20)21)26-14(31-11)29-6-1-2-28-5-6/h3-4,6H,1-2,5H2,(H,25,27). The van der Waals surface area contributed by atoms with E-state index in [1.54, 1.807) is 0 Å². The summed E-state index contributed by atoms with van der Waals surface area (Å²) in [6.45, 7) is 0.584. The number of ether oxygens (including phenoxy) is 3. The Morgan fingerprint density at radius 3 is 2.35 bits per heavy atom. The Balaban J connectivity index is 1.86. The highest BCUT2D eigenvalue weighted by Crippen LogP contribution is 2.40. The normalized spacial score (nSPS) is 17.0. The summed E-state index contributed by atoms with van der Waals surface area (Å²) < 4.78 is 91.4. The number of carbonyl (C=O) groups is 1. The average molecular weight is 600 g/mol. The molecule has 1 amide bonds. The lowest BCUT2D eigenvalue weighted by atomic mass is 10.2. The number of aromatic nitrogens is 1. The lowest BCUT2D eigenvalue weighted by Crippen LogP contribution is -2.19. The van der Waals surface area contributed by atoms with Gasteiger partial charge in [0.2, 0.25) is 0 Å². The van der Waals surface area contributed by atoms with Crippen LogP contribution in [-0.2, 0) is 10.9 Å². The second-order valence-electron chi connectivity index (χ2n) is 6.02. The topological polar surface area (TPSA) is 69.7 Å². The fourth-order valence-electron chi connectivity index (χ4n) is 2.48. The molecule has 170 valence electrons. The van der Waals surface area contributed by atoms with E-state index in [4.69, 9.17) is 9.47 Å². The van der Waals surface area contributed by atoms with Crippen LogP contribution < -0.4 is 14.8 Å². The van der Waals surface area contributed by atoms with Gasteiger partial charge in [0.1, 0.15) is 16.7 Å². The third kappa shape index (κ3) is 6.23. The molecule has 1 atom stereocenters. The van der Waals surface area contributed by atoms with Gasteiger partial charge >= 0.3 is 12.5 Å². The van der Waals surface area contributed by atoms with Crippen molar-refractivity contribution in [3.63, 3.8) is 0 Å². The molecule has 2 heterocycles. The predicted molar refractivity (Wildman–Crippen MR) is 103 cm³/mol. The van der Waals surface area contributed by atoms with Crippen molar-refractivity contribution in [1.82, 2.24) is 4.98 Å². The van der Waals surface area contributed by atoms with Crippen molar-refractivity contribution >= 4 is 54.8 Å². The van der Waals surface area contributed by atoms with E-state index >= 15 is 0 Å². The van der Waals surface area contributed by atoms with E-state index in [0.29, 0.717) is 24.4 Å². The highest BCUT2D eigenvalue weighted by atomic mass is 79.9. The van der Waals surface area contributed by atoms with Gasteiger partial charge in [0, 0.05) is 15.4 Å². The number of alkyl halides is 6. The SMILES string of the molecule is O=C(Nc1c(Br)cc(OC(F)(F)F)cc1Br)c1sc(OC2CCOC2)nc1C(F)(F)F. The van der Waals surface area contributed by atoms with Gasteiger partial charge in [0.15, 0.2) is 5.69 Å². The summed E-state index contributed by atoms with van der Waals surface area (Å²) in [7, 11) is 0. The number of amides is 1. The Kier molecular flexibility index (Phi) is 7.08. The van der Waals surface area contributed by atoms with Crippen LogP contribution in [-0.4, -0.2) is 36.6 Å². The number of hydrogen-bond donors (Lipinski definition) is 1. The first-order valence-electron chi connectivity index (χ1n) is 8.22. The average Bonchev–Trinajstić information content (AvgIpc) is 3.26. The zero-order valence-electron chi connectivity index (χ0n) is 14.9. The van der Waals surface area contributed by atoms with Gasteiger partial charge in [-0.25, -0.2) is 0 Å². The molecule has 2 aromatic rings. The van der Waals surface area contributed by atoms with Gasteiger partial charge in [-0.3, -0.25) is 4.79 Å². The fourth-order valence-corrected chi connectivity index (χ4v) is 4.72. The van der Waals surface area contributed by atoms with Gasteiger partial charge in [-0.15, -0.1) is 13.2 Å². The summed E-state index contributed by atoms with van der Waals surface area (Å²) in [5.41, 5.74) is -1.54. The first-order chi connectivity index (χ1) is 14.3. The fraction of sp³-hybridized carbons (Fsp3) is 0.375. The predicted octanol–water partition coefficient (Wildman–Crippen LogP) is 6.01. The molecular weight excluding hydrogens is 590 g/mol. The molecule has 1 aliphatic rings. The van der Waals surface area contributed by atoms with Crippen LogP contribution in [0.2, 0.25) is 0 Å². The molecule has 1 saturated heterocycles. The molecule has 1 unspecified atom stereocenters. The monoisotopic (exact) mass is 598 g/mol. The summed E-state index contributed by atoms with van der Waals surface area (Å²) in [5, 5.41) is 1.88. The molecule has 15 heteroatoms. The van der Waals surface area contributed by atoms with Crippen LogP contribution in [0.15, 0.2) is 21.1 Å². The molecule has 0 saturated carbocycles. The van der Waals surface area contributed by atoms with Crippen LogP contribution in [0.3, 0.4) is 0 Å². The maximum absolute atomic E-state index is 13.4. The van der Waals surface area contributed by atoms with Crippen molar-refractivity contribution in [1.29, 1.82) is 0 Å². The van der Waals surface area contributed by atoms with E-state index in [9.17, 15) is 31.1 Å². The molecule has 6 nitrogen and oxygen atoms in total. The molecule has 0 spiro atoms. The number of rotatable bonds is 5. The van der Waals surface area contributed by atoms with Crippen LogP contribution in [0.4, 0.5) is 32.0 Å². The summed E-state index contributed by atoms with van der Waals surface area (Å²) in [6, 6.07) is 1.81. The van der Waals surface area contributed by atoms with Gasteiger partial charge in [-0.05, 0) is 44.0 Å². The second-order valence-corrected chi connectivity index (χ2v) is 8.69. The molecule has 1 fully saturated rings. The van der Waals surface area contributed by atoms with Gasteiger partial charge < -0.3 is 19.5 Å². The number of nitrogens with one attached hydrogen (secondary N) is 1. The van der Waals surface area contributed by atoms with E-state index in [-0.39, 0.29) is 26.4 Å². The van der Waals surface area contributed by atoms with Crippen LogP contribution in [0.5, 0.6) is 10.9 Å². The molecular formula is C16H10Br2F6N2O4S. The van der Waals surface area contributed by atoms with E-state index in [1.165, 1.54) is 0 Å². The Labute approximate surface area is 191 Å². The number of benzene rings is 1. The number of hydrogen-bond acceptors (Lipinski definition) is 6. The minimum Gasteiger partial charge on any atom is -0.464 e. The number of anilines is 1. The zero-order chi connectivity index (χ0) is 23.0. The van der Waals surface area contributed by atoms with E-state index in [0.717, 1.165) is 12.1 Å². The van der Waals surface area contributed by atoms with Crippen molar-refractivity contribution in [3.8, 4) is 10.9 Å². The third-order valence-corrected chi connectivity index (χ3v) is 5.92. The summed E-state index contributed by atoms with van der Waals surface area (Å²) in [4.78, 5) is 15.2. The molecule has 3 rings (SSSR count). The third-order valence-electron chi connectivity index (χ3n) is 3.73. The van der Waals surface area contributed by atoms with E-state index < -0.39 is 40.9 Å². The van der Waals surface area contributed by atoms with E-state index in [2.05, 4.69) is 46.9 Å². The highest BCUT2D eigenvalue weighted by Gasteiger charge is 2.41. The first kappa shape index (κ1) is 24.1. The number of thiazole rings is 1. The molecule has 1 aromatic carbocycles. The lowest BCUT2D eigenvalue weighted by Gasteiger charge is -2.14. The molecule has 1 aliphatic heterocycles. The number of carbonyl (C=O) groups excluding carboxylic acids is 1. The largest absolute Gasteiger partial charge is 0.573 e. The van der Waals surface area contributed by atoms with Crippen LogP contribution in [0, 0.1) is 0 Å². The Hall–Kier alpha value is -1.58. The number of nitrogens with zero attached hydrogens (tertiary/aromatic N) is 1. The van der Waals surface area contributed by atoms with Gasteiger partial charge in [0.05, 0.1) is 18.9 Å². The molecule has 1 aromatic heterocycles. The minimum absolute atomic E-state index is 0.0628. The minimum atomic E-state index is -4.95. The first-order valence-corrected chi connectivity index (χ1v) is 10.6. The second kappa shape index (κ2) is 9.11. The van der Waals surface area contributed by atoms with Crippen molar-refractivity contribution in [2.45, 2.75) is 25.1 Å². The van der Waals surface area contributed by atoms with Crippen molar-refractivity contribution < 1.29 is 45.3 Å². The summed E-state index contributed by atoms with van der Waals surface area (Å²) in [5.74, 6) is -1.78. The zero-order valence-corrected chi connectivity index (χ0v) is 18.9. The quantitative estimate of drug-likeness (QED) is 0.427. The molecule has 0 radical (unpaired) electrons.